The third-order valence-corrected chi connectivity index (χ3v) is 3.90. The van der Waals surface area contributed by atoms with Crippen LogP contribution in [0.1, 0.15) is 25.0 Å². The molecule has 0 unspecified atom stereocenters. The largest absolute Gasteiger partial charge is 0.461 e. The molecule has 7 nitrogen and oxygen atoms in total. The summed E-state index contributed by atoms with van der Waals surface area (Å²) < 4.78 is 38.2. The van der Waals surface area contributed by atoms with E-state index >= 15 is 0 Å². The lowest BCUT2D eigenvalue weighted by molar-refractivity contribution is -0.144. The van der Waals surface area contributed by atoms with Crippen LogP contribution in [0.5, 0.6) is 5.75 Å². The highest BCUT2D eigenvalue weighted by Crippen LogP contribution is 2.29. The molecule has 0 aromatic heterocycles. The zero-order chi connectivity index (χ0) is 16.9. The van der Waals surface area contributed by atoms with Gasteiger partial charge in [-0.15, -0.1) is 0 Å². The van der Waals surface area contributed by atoms with E-state index in [1.54, 1.807) is 6.07 Å². The fourth-order valence-corrected chi connectivity index (χ4v) is 2.69. The molecule has 1 aromatic carbocycles. The van der Waals surface area contributed by atoms with Gasteiger partial charge in [-0.25, -0.2) is 0 Å². The first-order valence-electron chi connectivity index (χ1n) is 6.06. The van der Waals surface area contributed by atoms with Crippen molar-refractivity contribution in [2.24, 2.45) is 0 Å². The standard InChI is InChI=1S/C13H15IO7S/c1-8(15)19-6-10-11(7-20-9(2)16)13(5-4-12(10)14)21-22(3,17)18/h4-5H,6-7H2,1-3H3. The van der Waals surface area contributed by atoms with Crippen molar-refractivity contribution >= 4 is 44.6 Å². The molecule has 1 rings (SSSR count). The number of hydrogen-bond donors (Lipinski definition) is 0. The lowest BCUT2D eigenvalue weighted by Crippen LogP contribution is -2.12. The maximum Gasteiger partial charge on any atom is 0.306 e. The quantitative estimate of drug-likeness (QED) is 0.376. The average molecular weight is 442 g/mol. The molecular formula is C13H15IO7S. The minimum absolute atomic E-state index is 0.0336. The fourth-order valence-electron chi connectivity index (χ4n) is 1.55. The summed E-state index contributed by atoms with van der Waals surface area (Å²) in [5, 5.41) is 0. The smallest absolute Gasteiger partial charge is 0.306 e. The molecule has 9 heteroatoms. The number of ether oxygens (including phenoxy) is 2. The summed E-state index contributed by atoms with van der Waals surface area (Å²) >= 11 is 2.01. The third kappa shape index (κ3) is 6.18. The lowest BCUT2D eigenvalue weighted by Gasteiger charge is -2.16. The Bertz CT molecular complexity index is 682. The Kier molecular flexibility index (Phi) is 6.60. The van der Waals surface area contributed by atoms with Crippen LogP contribution in [0.4, 0.5) is 0 Å². The summed E-state index contributed by atoms with van der Waals surface area (Å²) in [6, 6.07) is 3.08. The van der Waals surface area contributed by atoms with Crippen LogP contribution in [0, 0.1) is 3.57 Å². The fraction of sp³-hybridized carbons (Fsp3) is 0.385. The van der Waals surface area contributed by atoms with Crippen LogP contribution >= 0.6 is 22.6 Å². The van der Waals surface area contributed by atoms with Crippen molar-refractivity contribution in [2.45, 2.75) is 27.1 Å². The van der Waals surface area contributed by atoms with Crippen LogP contribution in [-0.4, -0.2) is 26.6 Å². The molecule has 1 aromatic rings. The number of rotatable bonds is 6. The minimum Gasteiger partial charge on any atom is -0.461 e. The van der Waals surface area contributed by atoms with E-state index in [9.17, 15) is 18.0 Å². The highest BCUT2D eigenvalue weighted by atomic mass is 127. The molecule has 0 heterocycles. The van der Waals surface area contributed by atoms with Gasteiger partial charge in [0.2, 0.25) is 0 Å². The van der Waals surface area contributed by atoms with Gasteiger partial charge in [-0.05, 0) is 34.7 Å². The Morgan fingerprint density at radius 3 is 2.00 bits per heavy atom. The molecule has 0 fully saturated rings. The molecule has 0 radical (unpaired) electrons. The first-order valence-corrected chi connectivity index (χ1v) is 8.96. The zero-order valence-corrected chi connectivity index (χ0v) is 15.2. The number of halogens is 1. The monoisotopic (exact) mass is 442 g/mol. The van der Waals surface area contributed by atoms with E-state index in [1.165, 1.54) is 19.9 Å². The van der Waals surface area contributed by atoms with Gasteiger partial charge < -0.3 is 13.7 Å². The number of hydrogen-bond acceptors (Lipinski definition) is 7. The molecule has 0 saturated heterocycles. The number of benzene rings is 1. The van der Waals surface area contributed by atoms with E-state index in [-0.39, 0.29) is 19.0 Å². The molecular weight excluding hydrogens is 427 g/mol. The van der Waals surface area contributed by atoms with E-state index in [2.05, 4.69) is 0 Å². The van der Waals surface area contributed by atoms with Gasteiger partial charge >= 0.3 is 22.1 Å². The third-order valence-electron chi connectivity index (χ3n) is 2.41. The van der Waals surface area contributed by atoms with Crippen molar-refractivity contribution in [3.05, 3.63) is 26.8 Å². The summed E-state index contributed by atoms with van der Waals surface area (Å²) in [5.41, 5.74) is 0.868. The molecule has 0 saturated carbocycles. The minimum atomic E-state index is -3.75. The van der Waals surface area contributed by atoms with Gasteiger partial charge in [0.1, 0.15) is 19.0 Å². The molecule has 122 valence electrons. The maximum absolute atomic E-state index is 11.3. The molecule has 0 aliphatic carbocycles. The molecule has 0 N–H and O–H groups in total. The molecule has 0 spiro atoms. The summed E-state index contributed by atoms with van der Waals surface area (Å²) in [5.74, 6) is -0.974. The van der Waals surface area contributed by atoms with Crippen LogP contribution in [-0.2, 0) is 42.4 Å². The van der Waals surface area contributed by atoms with Gasteiger partial charge in [-0.2, -0.15) is 8.42 Å². The molecule has 0 bridgehead atoms. The van der Waals surface area contributed by atoms with Crippen molar-refractivity contribution in [1.29, 1.82) is 0 Å². The molecule has 0 atom stereocenters. The summed E-state index contributed by atoms with van der Waals surface area (Å²) in [6.07, 6.45) is 0.909. The predicted octanol–water partition coefficient (Wildman–Crippen LogP) is 1.76. The van der Waals surface area contributed by atoms with Gasteiger partial charge in [0.05, 0.1) is 6.26 Å². The van der Waals surface area contributed by atoms with Gasteiger partial charge in [0.25, 0.3) is 0 Å². The van der Waals surface area contributed by atoms with E-state index in [0.29, 0.717) is 11.1 Å². The first-order chi connectivity index (χ1) is 10.1. The van der Waals surface area contributed by atoms with Gasteiger partial charge in [0.15, 0.2) is 0 Å². The Morgan fingerprint density at radius 1 is 1.05 bits per heavy atom. The molecule has 0 aliphatic heterocycles. The topological polar surface area (TPSA) is 96.0 Å². The second-order valence-electron chi connectivity index (χ2n) is 4.35. The Balaban J connectivity index is 3.27. The Hall–Kier alpha value is -1.36. The second-order valence-corrected chi connectivity index (χ2v) is 7.09. The van der Waals surface area contributed by atoms with Gasteiger partial charge in [-0.3, -0.25) is 9.59 Å². The Labute approximate surface area is 142 Å². The van der Waals surface area contributed by atoms with Crippen molar-refractivity contribution in [3.63, 3.8) is 0 Å². The molecule has 0 amide bonds. The van der Waals surface area contributed by atoms with Crippen molar-refractivity contribution in [2.75, 3.05) is 6.26 Å². The maximum atomic E-state index is 11.3. The van der Waals surface area contributed by atoms with Crippen LogP contribution in [0.15, 0.2) is 12.1 Å². The number of carbonyl (C=O) groups is 2. The van der Waals surface area contributed by atoms with Crippen LogP contribution in [0.2, 0.25) is 0 Å². The Morgan fingerprint density at radius 2 is 1.55 bits per heavy atom. The van der Waals surface area contributed by atoms with E-state index in [4.69, 9.17) is 13.7 Å². The van der Waals surface area contributed by atoms with Crippen LogP contribution in [0.3, 0.4) is 0 Å². The number of esters is 2. The van der Waals surface area contributed by atoms with E-state index in [0.717, 1.165) is 9.83 Å². The van der Waals surface area contributed by atoms with Crippen molar-refractivity contribution in [1.82, 2.24) is 0 Å². The average Bonchev–Trinajstić information content (AvgIpc) is 2.35. The van der Waals surface area contributed by atoms with Crippen LogP contribution in [0.25, 0.3) is 0 Å². The highest BCUT2D eigenvalue weighted by molar-refractivity contribution is 14.1. The summed E-state index contributed by atoms with van der Waals surface area (Å²) in [4.78, 5) is 22.0. The van der Waals surface area contributed by atoms with Crippen LogP contribution < -0.4 is 4.18 Å². The SMILES string of the molecule is CC(=O)OCc1c(I)ccc(OS(C)(=O)=O)c1COC(C)=O. The lowest BCUT2D eigenvalue weighted by atomic mass is 10.1. The van der Waals surface area contributed by atoms with E-state index < -0.39 is 22.1 Å². The predicted molar refractivity (Wildman–Crippen MR) is 85.6 cm³/mol. The molecule has 0 aliphatic rings. The molecule has 22 heavy (non-hydrogen) atoms. The van der Waals surface area contributed by atoms with Gasteiger partial charge in [0, 0.05) is 28.5 Å². The number of carbonyl (C=O) groups excluding carboxylic acids is 2. The summed E-state index contributed by atoms with van der Waals surface area (Å²) in [6.45, 7) is 2.23. The van der Waals surface area contributed by atoms with Gasteiger partial charge in [-0.1, -0.05) is 0 Å². The zero-order valence-electron chi connectivity index (χ0n) is 12.2. The van der Waals surface area contributed by atoms with E-state index in [1.807, 2.05) is 22.6 Å². The normalized spacial score (nSPS) is 10.9. The first kappa shape index (κ1) is 18.7. The van der Waals surface area contributed by atoms with Crippen molar-refractivity contribution < 1.29 is 31.7 Å². The van der Waals surface area contributed by atoms with Crippen molar-refractivity contribution in [3.8, 4) is 5.75 Å². The summed E-state index contributed by atoms with van der Waals surface area (Å²) in [7, 11) is -3.75. The highest BCUT2D eigenvalue weighted by Gasteiger charge is 2.18. The second kappa shape index (κ2) is 7.77.